The van der Waals surface area contributed by atoms with E-state index in [2.05, 4.69) is 32.7 Å². The van der Waals surface area contributed by atoms with E-state index < -0.39 is 0 Å². The molecule has 1 fully saturated rings. The zero-order valence-corrected chi connectivity index (χ0v) is 13.1. The molecule has 1 saturated carbocycles. The van der Waals surface area contributed by atoms with Crippen molar-refractivity contribution in [1.29, 1.82) is 0 Å². The molecule has 3 rings (SSSR count). The molecule has 0 radical (unpaired) electrons. The Morgan fingerprint density at radius 3 is 2.90 bits per heavy atom. The van der Waals surface area contributed by atoms with Gasteiger partial charge < -0.3 is 9.32 Å². The van der Waals surface area contributed by atoms with E-state index >= 15 is 0 Å². The number of rotatable bonds is 6. The molecule has 0 saturated heterocycles. The summed E-state index contributed by atoms with van der Waals surface area (Å²) in [5.41, 5.74) is 0. The summed E-state index contributed by atoms with van der Waals surface area (Å²) in [7, 11) is 0. The van der Waals surface area contributed by atoms with Crippen molar-refractivity contribution < 1.29 is 4.42 Å². The lowest BCUT2D eigenvalue weighted by Gasteiger charge is -2.23. The lowest BCUT2D eigenvalue weighted by atomic mass is 10.3. The highest BCUT2D eigenvalue weighted by Gasteiger charge is 2.31. The second kappa shape index (κ2) is 5.95. The molecule has 1 aliphatic rings. The number of hydrogen-bond acceptors (Lipinski definition) is 4. The zero-order valence-electron chi connectivity index (χ0n) is 11.6. The minimum Gasteiger partial charge on any atom is -0.467 e. The van der Waals surface area contributed by atoms with Crippen LogP contribution in [0.3, 0.4) is 0 Å². The fourth-order valence-corrected chi connectivity index (χ4v) is 2.70. The highest BCUT2D eigenvalue weighted by Crippen LogP contribution is 2.33. The first kappa shape index (κ1) is 13.6. The monoisotopic (exact) mass is 335 g/mol. The van der Waals surface area contributed by atoms with Gasteiger partial charge in [-0.05, 0) is 47.3 Å². The zero-order chi connectivity index (χ0) is 13.9. The van der Waals surface area contributed by atoms with Crippen molar-refractivity contribution in [3.63, 3.8) is 0 Å². The molecule has 0 amide bonds. The number of halogens is 1. The normalized spacial score (nSPS) is 14.5. The summed E-state index contributed by atoms with van der Waals surface area (Å²) >= 11 is 3.50. The standard InChI is InChI=1S/C15H18BrN3O/c1-2-4-14-17-13(16)9-15(18-14)19(11-6-7-11)10-12-5-3-8-20-12/h3,5,8-9,11H,2,4,6-7,10H2,1H3. The molecule has 106 valence electrons. The fraction of sp³-hybridized carbons (Fsp3) is 0.467. The van der Waals surface area contributed by atoms with E-state index in [0.29, 0.717) is 6.04 Å². The number of hydrogen-bond donors (Lipinski definition) is 0. The van der Waals surface area contributed by atoms with Crippen LogP contribution in [0.1, 0.15) is 37.8 Å². The predicted molar refractivity (Wildman–Crippen MR) is 81.6 cm³/mol. The van der Waals surface area contributed by atoms with Crippen LogP contribution in [0.5, 0.6) is 0 Å². The number of aromatic nitrogens is 2. The third-order valence-electron chi connectivity index (χ3n) is 3.39. The second-order valence-corrected chi connectivity index (χ2v) is 5.97. The molecular weight excluding hydrogens is 318 g/mol. The Morgan fingerprint density at radius 2 is 2.25 bits per heavy atom. The first-order valence-corrected chi connectivity index (χ1v) is 7.88. The average molecular weight is 336 g/mol. The van der Waals surface area contributed by atoms with E-state index in [-0.39, 0.29) is 0 Å². The van der Waals surface area contributed by atoms with Crippen LogP contribution in [0.2, 0.25) is 0 Å². The molecule has 0 atom stereocenters. The Bertz CT molecular complexity index is 567. The van der Waals surface area contributed by atoms with Gasteiger partial charge in [-0.3, -0.25) is 0 Å². The highest BCUT2D eigenvalue weighted by molar-refractivity contribution is 9.10. The van der Waals surface area contributed by atoms with E-state index in [0.717, 1.165) is 41.4 Å². The molecule has 0 aliphatic heterocycles. The molecule has 20 heavy (non-hydrogen) atoms. The van der Waals surface area contributed by atoms with E-state index in [4.69, 9.17) is 9.40 Å². The van der Waals surface area contributed by atoms with Crippen LogP contribution in [-0.4, -0.2) is 16.0 Å². The van der Waals surface area contributed by atoms with Gasteiger partial charge in [0.05, 0.1) is 12.8 Å². The van der Waals surface area contributed by atoms with E-state index in [1.165, 1.54) is 12.8 Å². The predicted octanol–water partition coefficient (Wildman–Crippen LogP) is 3.95. The van der Waals surface area contributed by atoms with Crippen molar-refractivity contribution in [3.05, 3.63) is 40.7 Å². The molecule has 0 aromatic carbocycles. The summed E-state index contributed by atoms with van der Waals surface area (Å²) < 4.78 is 6.33. The Balaban J connectivity index is 1.86. The third kappa shape index (κ3) is 3.20. The molecule has 0 bridgehead atoms. The molecule has 0 unspecified atom stereocenters. The summed E-state index contributed by atoms with van der Waals surface area (Å²) in [5, 5.41) is 0. The maximum absolute atomic E-state index is 5.47. The van der Waals surface area contributed by atoms with Crippen molar-refractivity contribution in [3.8, 4) is 0 Å². The quantitative estimate of drug-likeness (QED) is 0.749. The number of anilines is 1. The molecule has 0 N–H and O–H groups in total. The topological polar surface area (TPSA) is 42.2 Å². The van der Waals surface area contributed by atoms with Crippen LogP contribution >= 0.6 is 15.9 Å². The van der Waals surface area contributed by atoms with Crippen LogP contribution in [0, 0.1) is 0 Å². The molecule has 1 aliphatic carbocycles. The molecule has 2 aromatic heterocycles. The van der Waals surface area contributed by atoms with Crippen LogP contribution < -0.4 is 4.90 Å². The van der Waals surface area contributed by atoms with E-state index in [1.807, 2.05) is 18.2 Å². The third-order valence-corrected chi connectivity index (χ3v) is 3.80. The summed E-state index contributed by atoms with van der Waals surface area (Å²) in [6.45, 7) is 2.91. The van der Waals surface area contributed by atoms with Gasteiger partial charge in [0.2, 0.25) is 0 Å². The number of furan rings is 1. The van der Waals surface area contributed by atoms with Crippen LogP contribution in [0.15, 0.2) is 33.5 Å². The summed E-state index contributed by atoms with van der Waals surface area (Å²) in [4.78, 5) is 11.5. The Morgan fingerprint density at radius 1 is 1.40 bits per heavy atom. The van der Waals surface area contributed by atoms with E-state index in [1.54, 1.807) is 6.26 Å². The van der Waals surface area contributed by atoms with Crippen molar-refractivity contribution in [2.75, 3.05) is 4.90 Å². The minimum absolute atomic E-state index is 0.580. The molecule has 2 heterocycles. The van der Waals surface area contributed by atoms with Crippen molar-refractivity contribution in [1.82, 2.24) is 9.97 Å². The maximum Gasteiger partial charge on any atom is 0.134 e. The molecule has 5 heteroatoms. The van der Waals surface area contributed by atoms with Gasteiger partial charge in [0, 0.05) is 18.5 Å². The number of nitrogens with zero attached hydrogens (tertiary/aromatic N) is 3. The largest absolute Gasteiger partial charge is 0.467 e. The minimum atomic E-state index is 0.580. The Kier molecular flexibility index (Phi) is 4.05. The van der Waals surface area contributed by atoms with Crippen LogP contribution in [0.4, 0.5) is 5.82 Å². The Labute approximate surface area is 127 Å². The Hall–Kier alpha value is -1.36. The lowest BCUT2D eigenvalue weighted by molar-refractivity contribution is 0.500. The lowest BCUT2D eigenvalue weighted by Crippen LogP contribution is -2.26. The SMILES string of the molecule is CCCc1nc(Br)cc(N(Cc2ccco2)C2CC2)n1. The summed E-state index contributed by atoms with van der Waals surface area (Å²) in [6.07, 6.45) is 6.14. The van der Waals surface area contributed by atoms with Gasteiger partial charge in [0.15, 0.2) is 0 Å². The van der Waals surface area contributed by atoms with Gasteiger partial charge in [-0.25, -0.2) is 9.97 Å². The summed E-state index contributed by atoms with van der Waals surface area (Å²) in [5.74, 6) is 2.87. The molecule has 2 aromatic rings. The molecule has 4 nitrogen and oxygen atoms in total. The number of aryl methyl sites for hydroxylation is 1. The van der Waals surface area contributed by atoms with Gasteiger partial charge >= 0.3 is 0 Å². The van der Waals surface area contributed by atoms with Crippen molar-refractivity contribution in [2.24, 2.45) is 0 Å². The first-order valence-electron chi connectivity index (χ1n) is 7.08. The van der Waals surface area contributed by atoms with Gasteiger partial charge in [0.25, 0.3) is 0 Å². The maximum atomic E-state index is 5.47. The van der Waals surface area contributed by atoms with Gasteiger partial charge in [0.1, 0.15) is 22.0 Å². The molecule has 0 spiro atoms. The highest BCUT2D eigenvalue weighted by atomic mass is 79.9. The average Bonchev–Trinajstić information content (AvgIpc) is 3.12. The van der Waals surface area contributed by atoms with Gasteiger partial charge in [-0.15, -0.1) is 0 Å². The van der Waals surface area contributed by atoms with Gasteiger partial charge in [-0.2, -0.15) is 0 Å². The van der Waals surface area contributed by atoms with Crippen LogP contribution in [0.25, 0.3) is 0 Å². The van der Waals surface area contributed by atoms with Crippen LogP contribution in [-0.2, 0) is 13.0 Å². The smallest absolute Gasteiger partial charge is 0.134 e. The van der Waals surface area contributed by atoms with Crippen molar-refractivity contribution in [2.45, 2.75) is 45.2 Å². The molecular formula is C15H18BrN3O. The van der Waals surface area contributed by atoms with E-state index in [9.17, 15) is 0 Å². The first-order chi connectivity index (χ1) is 9.76. The fourth-order valence-electron chi connectivity index (χ4n) is 2.29. The van der Waals surface area contributed by atoms with Crippen molar-refractivity contribution >= 4 is 21.7 Å². The second-order valence-electron chi connectivity index (χ2n) is 5.15. The summed E-state index contributed by atoms with van der Waals surface area (Å²) in [6, 6.07) is 6.52. The van der Waals surface area contributed by atoms with Gasteiger partial charge in [-0.1, -0.05) is 6.92 Å².